The predicted molar refractivity (Wildman–Crippen MR) is 91.3 cm³/mol. The van der Waals surface area contributed by atoms with E-state index in [1.165, 1.54) is 0 Å². The highest BCUT2D eigenvalue weighted by molar-refractivity contribution is 5.83. The topological polar surface area (TPSA) is 182 Å². The third kappa shape index (κ3) is 16.7. The summed E-state index contributed by atoms with van der Waals surface area (Å²) >= 11 is 0. The van der Waals surface area contributed by atoms with Crippen molar-refractivity contribution in [1.82, 2.24) is 5.32 Å². The molecule has 0 fully saturated rings. The summed E-state index contributed by atoms with van der Waals surface area (Å²) in [5.74, 6) is -2.66. The van der Waals surface area contributed by atoms with Crippen molar-refractivity contribution in [3.8, 4) is 0 Å². The van der Waals surface area contributed by atoms with Crippen LogP contribution in [0.5, 0.6) is 0 Å². The SMILES string of the molecule is CCCCCN[C@@H](CCCCN)C(=O)O.NC(=O)C[C@H](N)C(=O)O. The van der Waals surface area contributed by atoms with Crippen LogP contribution in [0.15, 0.2) is 0 Å². The number of amides is 1. The Morgan fingerprint density at radius 2 is 1.67 bits per heavy atom. The first kappa shape index (κ1) is 24.5. The number of nitrogens with one attached hydrogen (secondary N) is 1. The van der Waals surface area contributed by atoms with Gasteiger partial charge in [-0.1, -0.05) is 26.2 Å². The maximum absolute atomic E-state index is 10.9. The van der Waals surface area contributed by atoms with Gasteiger partial charge in [0, 0.05) is 0 Å². The normalized spacial score (nSPS) is 12.6. The van der Waals surface area contributed by atoms with Gasteiger partial charge in [0.25, 0.3) is 0 Å². The molecule has 24 heavy (non-hydrogen) atoms. The second-order valence-corrected chi connectivity index (χ2v) is 5.45. The number of hydrogen-bond acceptors (Lipinski definition) is 6. The molecule has 0 aliphatic heterocycles. The number of carbonyl (C=O) groups is 3. The van der Waals surface area contributed by atoms with Crippen LogP contribution in [0, 0.1) is 0 Å². The van der Waals surface area contributed by atoms with Gasteiger partial charge in [-0.05, 0) is 32.4 Å². The first-order chi connectivity index (χ1) is 11.3. The molecule has 0 aromatic rings. The number of carboxylic acid groups (broad SMARTS) is 2. The van der Waals surface area contributed by atoms with Gasteiger partial charge in [0.2, 0.25) is 5.91 Å². The number of aliphatic carboxylic acids is 2. The van der Waals surface area contributed by atoms with E-state index in [-0.39, 0.29) is 6.42 Å². The molecule has 0 bridgehead atoms. The van der Waals surface area contributed by atoms with E-state index in [0.29, 0.717) is 13.0 Å². The molecule has 0 aliphatic carbocycles. The monoisotopic (exact) mass is 348 g/mol. The van der Waals surface area contributed by atoms with Crippen LogP contribution in [-0.2, 0) is 14.4 Å². The highest BCUT2D eigenvalue weighted by atomic mass is 16.4. The van der Waals surface area contributed by atoms with Crippen LogP contribution >= 0.6 is 0 Å². The van der Waals surface area contributed by atoms with Gasteiger partial charge in [-0.2, -0.15) is 0 Å². The molecule has 0 spiro atoms. The van der Waals surface area contributed by atoms with Crippen LogP contribution in [0.1, 0.15) is 51.9 Å². The van der Waals surface area contributed by atoms with E-state index in [0.717, 1.165) is 38.6 Å². The Labute approximate surface area is 142 Å². The second-order valence-electron chi connectivity index (χ2n) is 5.45. The smallest absolute Gasteiger partial charge is 0.321 e. The van der Waals surface area contributed by atoms with E-state index < -0.39 is 29.9 Å². The van der Waals surface area contributed by atoms with Gasteiger partial charge in [-0.3, -0.25) is 14.4 Å². The molecule has 2 atom stereocenters. The lowest BCUT2D eigenvalue weighted by atomic mass is 10.1. The zero-order chi connectivity index (χ0) is 19.0. The fraction of sp³-hybridized carbons (Fsp3) is 0.800. The molecule has 0 radical (unpaired) electrons. The van der Waals surface area contributed by atoms with Crippen molar-refractivity contribution in [2.75, 3.05) is 13.1 Å². The van der Waals surface area contributed by atoms with Crippen molar-refractivity contribution in [3.63, 3.8) is 0 Å². The largest absolute Gasteiger partial charge is 0.480 e. The van der Waals surface area contributed by atoms with Gasteiger partial charge in [-0.25, -0.2) is 0 Å². The van der Waals surface area contributed by atoms with Crippen LogP contribution in [0.4, 0.5) is 0 Å². The number of rotatable bonds is 13. The molecule has 0 heterocycles. The Morgan fingerprint density at radius 3 is 2.04 bits per heavy atom. The Morgan fingerprint density at radius 1 is 1.04 bits per heavy atom. The van der Waals surface area contributed by atoms with Crippen molar-refractivity contribution in [1.29, 1.82) is 0 Å². The molecule has 0 aliphatic rings. The minimum atomic E-state index is -1.21. The molecular formula is C15H32N4O5. The summed E-state index contributed by atoms with van der Waals surface area (Å²) in [6.45, 7) is 3.57. The van der Waals surface area contributed by atoms with E-state index in [2.05, 4.69) is 18.0 Å². The summed E-state index contributed by atoms with van der Waals surface area (Å²) in [5.41, 5.74) is 14.9. The van der Waals surface area contributed by atoms with Crippen LogP contribution in [-0.4, -0.2) is 53.2 Å². The van der Waals surface area contributed by atoms with Gasteiger partial charge in [0.1, 0.15) is 12.1 Å². The standard InChI is InChI=1S/C11H24N2O2.C4H8N2O3/c1-2-3-6-9-13-10(11(14)15)7-4-5-8-12;5-2(4(8)9)1-3(6)7/h10,13H,2-9,12H2,1H3,(H,14,15);2H,1,5H2,(H2,6,7)(H,8,9)/t10-;2-/m00/s1. The lowest BCUT2D eigenvalue weighted by Crippen LogP contribution is -2.37. The molecule has 142 valence electrons. The van der Waals surface area contributed by atoms with Crippen molar-refractivity contribution < 1.29 is 24.6 Å². The Bertz CT molecular complexity index is 366. The summed E-state index contributed by atoms with van der Waals surface area (Å²) in [5, 5.41) is 20.1. The average Bonchev–Trinajstić information content (AvgIpc) is 2.49. The average molecular weight is 348 g/mol. The Balaban J connectivity index is 0. The van der Waals surface area contributed by atoms with Gasteiger partial charge in [0.15, 0.2) is 0 Å². The molecule has 9 nitrogen and oxygen atoms in total. The fourth-order valence-electron chi connectivity index (χ4n) is 1.76. The summed E-state index contributed by atoms with van der Waals surface area (Å²) < 4.78 is 0. The lowest BCUT2D eigenvalue weighted by molar-refractivity contribution is -0.140. The fourth-order valence-corrected chi connectivity index (χ4v) is 1.76. The van der Waals surface area contributed by atoms with Gasteiger partial charge >= 0.3 is 11.9 Å². The van der Waals surface area contributed by atoms with E-state index in [1.54, 1.807) is 0 Å². The Kier molecular flexibility index (Phi) is 16.5. The predicted octanol–water partition coefficient (Wildman–Crippen LogP) is -0.378. The minimum Gasteiger partial charge on any atom is -0.480 e. The molecule has 0 saturated heterocycles. The molecular weight excluding hydrogens is 316 g/mol. The number of unbranched alkanes of at least 4 members (excludes halogenated alkanes) is 3. The molecule has 9 N–H and O–H groups in total. The molecule has 0 saturated carbocycles. The molecule has 0 rings (SSSR count). The third-order valence-corrected chi connectivity index (χ3v) is 3.15. The second kappa shape index (κ2) is 16.2. The van der Waals surface area contributed by atoms with Gasteiger partial charge in [-0.15, -0.1) is 0 Å². The van der Waals surface area contributed by atoms with Crippen molar-refractivity contribution in [2.24, 2.45) is 17.2 Å². The Hall–Kier alpha value is -1.71. The maximum atomic E-state index is 10.9. The summed E-state index contributed by atoms with van der Waals surface area (Å²) in [4.78, 5) is 30.8. The van der Waals surface area contributed by atoms with Crippen molar-refractivity contribution in [2.45, 2.75) is 64.0 Å². The zero-order valence-electron chi connectivity index (χ0n) is 14.4. The third-order valence-electron chi connectivity index (χ3n) is 3.15. The van der Waals surface area contributed by atoms with Crippen LogP contribution in [0.2, 0.25) is 0 Å². The van der Waals surface area contributed by atoms with Crippen molar-refractivity contribution >= 4 is 17.8 Å². The molecule has 9 heteroatoms. The quantitative estimate of drug-likeness (QED) is 0.243. The molecule has 0 aromatic carbocycles. The number of carbonyl (C=O) groups excluding carboxylic acids is 1. The van der Waals surface area contributed by atoms with E-state index in [4.69, 9.17) is 21.7 Å². The van der Waals surface area contributed by atoms with E-state index in [9.17, 15) is 14.4 Å². The number of nitrogens with two attached hydrogens (primary N) is 3. The van der Waals surface area contributed by atoms with Gasteiger partial charge < -0.3 is 32.7 Å². The van der Waals surface area contributed by atoms with Crippen LogP contribution in [0.25, 0.3) is 0 Å². The molecule has 0 unspecified atom stereocenters. The molecule has 1 amide bonds. The number of carboxylic acids is 2. The maximum Gasteiger partial charge on any atom is 0.321 e. The van der Waals surface area contributed by atoms with Crippen LogP contribution < -0.4 is 22.5 Å². The van der Waals surface area contributed by atoms with Crippen LogP contribution in [0.3, 0.4) is 0 Å². The summed E-state index contributed by atoms with van der Waals surface area (Å²) in [7, 11) is 0. The number of primary amides is 1. The number of hydrogen-bond donors (Lipinski definition) is 6. The minimum absolute atomic E-state index is 0.310. The zero-order valence-corrected chi connectivity index (χ0v) is 14.4. The first-order valence-electron chi connectivity index (χ1n) is 8.19. The van der Waals surface area contributed by atoms with Gasteiger partial charge in [0.05, 0.1) is 6.42 Å². The highest BCUT2D eigenvalue weighted by Crippen LogP contribution is 2.01. The first-order valence-corrected chi connectivity index (χ1v) is 8.19. The summed E-state index contributed by atoms with van der Waals surface area (Å²) in [6.07, 6.45) is 5.52. The van der Waals surface area contributed by atoms with Crippen molar-refractivity contribution in [3.05, 3.63) is 0 Å². The summed E-state index contributed by atoms with van der Waals surface area (Å²) in [6, 6.07) is -1.56. The lowest BCUT2D eigenvalue weighted by Gasteiger charge is -2.13. The van der Waals surface area contributed by atoms with E-state index >= 15 is 0 Å². The molecule has 0 aromatic heterocycles. The highest BCUT2D eigenvalue weighted by Gasteiger charge is 2.15. The van der Waals surface area contributed by atoms with E-state index in [1.807, 2.05) is 0 Å².